The lowest BCUT2D eigenvalue weighted by Gasteiger charge is -2.32. The highest BCUT2D eigenvalue weighted by Crippen LogP contribution is 2.13. The molecule has 1 aliphatic heterocycles. The molecule has 2 rings (SSSR count). The molecular formula is C12H13FN2O4. The minimum absolute atomic E-state index is 0.0497. The van der Waals surface area contributed by atoms with Gasteiger partial charge in [-0.2, -0.15) is 0 Å². The van der Waals surface area contributed by atoms with Crippen molar-refractivity contribution in [3.63, 3.8) is 0 Å². The van der Waals surface area contributed by atoms with Crippen LogP contribution < -0.4 is 5.32 Å². The molecule has 6 nitrogen and oxygen atoms in total. The highest BCUT2D eigenvalue weighted by Gasteiger charge is 2.32. The molecule has 1 aromatic carbocycles. The fourth-order valence-corrected chi connectivity index (χ4v) is 1.81. The molecule has 1 fully saturated rings. The van der Waals surface area contributed by atoms with Crippen LogP contribution in [0, 0.1) is 5.82 Å². The third kappa shape index (κ3) is 3.19. The number of benzene rings is 1. The molecule has 1 aromatic rings. The smallest absolute Gasteiger partial charge is 0.328 e. The van der Waals surface area contributed by atoms with Crippen LogP contribution >= 0.6 is 0 Å². The van der Waals surface area contributed by atoms with Crippen molar-refractivity contribution in [1.82, 2.24) is 4.90 Å². The van der Waals surface area contributed by atoms with Crippen molar-refractivity contribution in [2.75, 3.05) is 25.1 Å². The van der Waals surface area contributed by atoms with Gasteiger partial charge in [-0.25, -0.2) is 14.0 Å². The highest BCUT2D eigenvalue weighted by atomic mass is 19.1. The first-order chi connectivity index (χ1) is 9.08. The Morgan fingerprint density at radius 1 is 1.47 bits per heavy atom. The number of carboxylic acids is 1. The number of nitrogens with one attached hydrogen (secondary N) is 1. The first-order valence-electron chi connectivity index (χ1n) is 5.71. The minimum Gasteiger partial charge on any atom is -0.480 e. The number of nitrogens with zero attached hydrogens (tertiary/aromatic N) is 1. The number of carbonyl (C=O) groups is 2. The Bertz CT molecular complexity index is 494. The van der Waals surface area contributed by atoms with E-state index in [-0.39, 0.29) is 25.4 Å². The van der Waals surface area contributed by atoms with Crippen LogP contribution in [0.2, 0.25) is 0 Å². The number of amides is 2. The van der Waals surface area contributed by atoms with Gasteiger partial charge in [0.15, 0.2) is 6.04 Å². The first-order valence-corrected chi connectivity index (χ1v) is 5.71. The number of aliphatic carboxylic acids is 1. The summed E-state index contributed by atoms with van der Waals surface area (Å²) in [6.07, 6.45) is 0. The highest BCUT2D eigenvalue weighted by molar-refractivity contribution is 5.92. The molecule has 0 aromatic heterocycles. The van der Waals surface area contributed by atoms with Crippen LogP contribution in [-0.2, 0) is 9.53 Å². The van der Waals surface area contributed by atoms with Crippen molar-refractivity contribution in [2.45, 2.75) is 6.04 Å². The fraction of sp³-hybridized carbons (Fsp3) is 0.333. The van der Waals surface area contributed by atoms with E-state index in [2.05, 4.69) is 5.32 Å². The Hall–Kier alpha value is -2.15. The maximum atomic E-state index is 13.0. The molecule has 2 N–H and O–H groups in total. The van der Waals surface area contributed by atoms with E-state index in [9.17, 15) is 14.0 Å². The van der Waals surface area contributed by atoms with Crippen molar-refractivity contribution in [3.05, 3.63) is 30.1 Å². The van der Waals surface area contributed by atoms with Gasteiger partial charge < -0.3 is 20.1 Å². The molecular weight excluding hydrogens is 255 g/mol. The van der Waals surface area contributed by atoms with Crippen LogP contribution in [0.4, 0.5) is 14.9 Å². The van der Waals surface area contributed by atoms with Crippen molar-refractivity contribution in [1.29, 1.82) is 0 Å². The topological polar surface area (TPSA) is 78.9 Å². The average molecular weight is 268 g/mol. The van der Waals surface area contributed by atoms with Gasteiger partial charge in [0.2, 0.25) is 0 Å². The Morgan fingerprint density at radius 3 is 2.95 bits per heavy atom. The molecule has 1 aliphatic rings. The fourth-order valence-electron chi connectivity index (χ4n) is 1.81. The second-order valence-corrected chi connectivity index (χ2v) is 4.06. The molecule has 2 amide bonds. The summed E-state index contributed by atoms with van der Waals surface area (Å²) < 4.78 is 18.0. The van der Waals surface area contributed by atoms with Crippen molar-refractivity contribution < 1.29 is 23.8 Å². The number of morpholine rings is 1. The summed E-state index contributed by atoms with van der Waals surface area (Å²) in [6, 6.07) is 3.79. The van der Waals surface area contributed by atoms with Gasteiger partial charge in [-0.1, -0.05) is 6.07 Å². The van der Waals surface area contributed by atoms with Crippen LogP contribution in [0.3, 0.4) is 0 Å². The predicted molar refractivity (Wildman–Crippen MR) is 64.4 cm³/mol. The number of carbonyl (C=O) groups excluding carboxylic acids is 1. The second kappa shape index (κ2) is 5.66. The number of carboxylic acid groups (broad SMARTS) is 1. The maximum absolute atomic E-state index is 13.0. The summed E-state index contributed by atoms with van der Waals surface area (Å²) in [5.41, 5.74) is 0.278. The second-order valence-electron chi connectivity index (χ2n) is 4.06. The van der Waals surface area contributed by atoms with Gasteiger partial charge in [-0.05, 0) is 18.2 Å². The third-order valence-electron chi connectivity index (χ3n) is 2.75. The van der Waals surface area contributed by atoms with Gasteiger partial charge in [0.1, 0.15) is 5.82 Å². The zero-order valence-electron chi connectivity index (χ0n) is 10.0. The zero-order chi connectivity index (χ0) is 13.8. The first kappa shape index (κ1) is 13.3. The predicted octanol–water partition coefficient (Wildman–Crippen LogP) is 1.14. The number of halogens is 1. The minimum atomic E-state index is -1.13. The van der Waals surface area contributed by atoms with E-state index >= 15 is 0 Å². The molecule has 1 heterocycles. The van der Waals surface area contributed by atoms with Gasteiger partial charge in [0, 0.05) is 12.2 Å². The van der Waals surface area contributed by atoms with Crippen LogP contribution in [-0.4, -0.2) is 47.8 Å². The normalized spacial score (nSPS) is 19.0. The number of hydrogen-bond acceptors (Lipinski definition) is 3. The van der Waals surface area contributed by atoms with E-state index in [0.717, 1.165) is 11.0 Å². The molecule has 1 unspecified atom stereocenters. The summed E-state index contributed by atoms with van der Waals surface area (Å²) in [7, 11) is 0. The molecule has 1 saturated heterocycles. The SMILES string of the molecule is O=C(O)C1COCCN1C(=O)Nc1cccc(F)c1. The summed E-state index contributed by atoms with van der Waals surface area (Å²) in [6.45, 7) is 0.407. The zero-order valence-corrected chi connectivity index (χ0v) is 10.0. The van der Waals surface area contributed by atoms with E-state index in [1.807, 2.05) is 0 Å². The lowest BCUT2D eigenvalue weighted by atomic mass is 10.2. The lowest BCUT2D eigenvalue weighted by molar-refractivity contribution is -0.147. The lowest BCUT2D eigenvalue weighted by Crippen LogP contribution is -2.53. The number of anilines is 1. The van der Waals surface area contributed by atoms with Crippen molar-refractivity contribution >= 4 is 17.7 Å². The Kier molecular flexibility index (Phi) is 3.96. The standard InChI is InChI=1S/C12H13FN2O4/c13-8-2-1-3-9(6-8)14-12(18)15-4-5-19-7-10(15)11(16)17/h1-3,6,10H,4-5,7H2,(H,14,18)(H,16,17). The number of ether oxygens (including phenoxy) is 1. The molecule has 1 atom stereocenters. The summed E-state index contributed by atoms with van der Waals surface area (Å²) >= 11 is 0. The third-order valence-corrected chi connectivity index (χ3v) is 2.75. The van der Waals surface area contributed by atoms with Crippen LogP contribution in [0.5, 0.6) is 0 Å². The quantitative estimate of drug-likeness (QED) is 0.843. The van der Waals surface area contributed by atoms with E-state index < -0.39 is 23.9 Å². The van der Waals surface area contributed by atoms with Gasteiger partial charge >= 0.3 is 12.0 Å². The average Bonchev–Trinajstić information content (AvgIpc) is 2.38. The monoisotopic (exact) mass is 268 g/mol. The molecule has 0 spiro atoms. The van der Waals surface area contributed by atoms with Gasteiger partial charge in [-0.3, -0.25) is 0 Å². The Balaban J connectivity index is 2.07. The van der Waals surface area contributed by atoms with Gasteiger partial charge in [0.25, 0.3) is 0 Å². The molecule has 102 valence electrons. The maximum Gasteiger partial charge on any atom is 0.328 e. The van der Waals surface area contributed by atoms with Gasteiger partial charge in [-0.15, -0.1) is 0 Å². The van der Waals surface area contributed by atoms with Crippen molar-refractivity contribution in [3.8, 4) is 0 Å². The summed E-state index contributed by atoms with van der Waals surface area (Å²) in [5, 5.41) is 11.5. The van der Waals surface area contributed by atoms with Crippen LogP contribution in [0.15, 0.2) is 24.3 Å². The molecule has 7 heteroatoms. The van der Waals surface area contributed by atoms with Crippen LogP contribution in [0.1, 0.15) is 0 Å². The van der Waals surface area contributed by atoms with E-state index in [1.54, 1.807) is 0 Å². The summed E-state index contributed by atoms with van der Waals surface area (Å²) in [4.78, 5) is 24.1. The van der Waals surface area contributed by atoms with Crippen molar-refractivity contribution in [2.24, 2.45) is 0 Å². The van der Waals surface area contributed by atoms with E-state index in [1.165, 1.54) is 18.2 Å². The number of rotatable bonds is 2. The van der Waals surface area contributed by atoms with E-state index in [0.29, 0.717) is 0 Å². The summed E-state index contributed by atoms with van der Waals surface area (Å²) in [5.74, 6) is -1.61. The molecule has 19 heavy (non-hydrogen) atoms. The molecule has 0 radical (unpaired) electrons. The van der Waals surface area contributed by atoms with Gasteiger partial charge in [0.05, 0.1) is 13.2 Å². The van der Waals surface area contributed by atoms with Crippen LogP contribution in [0.25, 0.3) is 0 Å². The molecule has 0 saturated carbocycles. The number of hydrogen-bond donors (Lipinski definition) is 2. The van der Waals surface area contributed by atoms with E-state index in [4.69, 9.17) is 9.84 Å². The largest absolute Gasteiger partial charge is 0.480 e. The Labute approximate surface area is 108 Å². The Morgan fingerprint density at radius 2 is 2.26 bits per heavy atom. The molecule has 0 bridgehead atoms. The molecule has 0 aliphatic carbocycles. The number of urea groups is 1.